The quantitative estimate of drug-likeness (QED) is 0.911. The molecule has 0 unspecified atom stereocenters. The molecular weight excluding hydrogens is 266 g/mol. The van der Waals surface area contributed by atoms with Crippen molar-refractivity contribution in [2.45, 2.75) is 38.1 Å². The summed E-state index contributed by atoms with van der Waals surface area (Å²) < 4.78 is 1.97. The first-order valence-corrected chi connectivity index (χ1v) is 7.67. The van der Waals surface area contributed by atoms with Crippen LogP contribution < -0.4 is 0 Å². The number of hydrogen-bond donors (Lipinski definition) is 1. The van der Waals surface area contributed by atoms with Gasteiger partial charge in [0.25, 0.3) is 5.91 Å². The molecule has 0 radical (unpaired) electrons. The monoisotopic (exact) mass is 285 g/mol. The third-order valence-electron chi connectivity index (χ3n) is 4.59. The van der Waals surface area contributed by atoms with Gasteiger partial charge in [0.15, 0.2) is 5.69 Å². The minimum absolute atomic E-state index is 0.0752. The molecule has 1 amide bonds. The molecule has 110 valence electrons. The Hall–Kier alpha value is -2.11. The molecule has 4 rings (SSSR count). The molecule has 0 aromatic carbocycles. The molecule has 0 spiro atoms. The van der Waals surface area contributed by atoms with Crippen molar-refractivity contribution in [2.75, 3.05) is 13.1 Å². The van der Waals surface area contributed by atoms with E-state index in [1.165, 1.54) is 0 Å². The van der Waals surface area contributed by atoms with Gasteiger partial charge in [-0.3, -0.25) is 14.6 Å². The zero-order valence-corrected chi connectivity index (χ0v) is 12.0. The van der Waals surface area contributed by atoms with E-state index in [1.807, 2.05) is 21.8 Å². The molecule has 6 heteroatoms. The molecule has 21 heavy (non-hydrogen) atoms. The highest BCUT2D eigenvalue weighted by Gasteiger charge is 2.30. The fraction of sp³-hybridized carbons (Fsp3) is 0.533. The number of aromatic amines is 1. The Kier molecular flexibility index (Phi) is 3.02. The number of hydrogen-bond acceptors (Lipinski definition) is 3. The highest BCUT2D eigenvalue weighted by Crippen LogP contribution is 2.26. The first-order valence-electron chi connectivity index (χ1n) is 7.67. The maximum atomic E-state index is 12.7. The Bertz CT molecular complexity index is 645. The van der Waals surface area contributed by atoms with Crippen molar-refractivity contribution in [1.29, 1.82) is 0 Å². The predicted molar refractivity (Wildman–Crippen MR) is 77.0 cm³/mol. The summed E-state index contributed by atoms with van der Waals surface area (Å²) in [6, 6.07) is 2.21. The zero-order valence-electron chi connectivity index (χ0n) is 12.0. The summed E-state index contributed by atoms with van der Waals surface area (Å²) in [6.45, 7) is 1.54. The van der Waals surface area contributed by atoms with E-state index >= 15 is 0 Å². The second-order valence-electron chi connectivity index (χ2n) is 5.92. The number of amides is 1. The van der Waals surface area contributed by atoms with E-state index in [-0.39, 0.29) is 11.9 Å². The number of aromatic nitrogens is 4. The van der Waals surface area contributed by atoms with E-state index in [4.69, 9.17) is 0 Å². The number of nitrogens with one attached hydrogen (secondary N) is 1. The highest BCUT2D eigenvalue weighted by molar-refractivity contribution is 5.94. The molecule has 1 aliphatic heterocycles. The lowest BCUT2D eigenvalue weighted by atomic mass is 10.0. The number of carbonyl (C=O) groups is 1. The Morgan fingerprint density at radius 1 is 1.33 bits per heavy atom. The molecule has 1 fully saturated rings. The molecule has 2 aliphatic rings. The predicted octanol–water partition coefficient (Wildman–Crippen LogP) is 1.57. The number of aryl methyl sites for hydroxylation is 1. The van der Waals surface area contributed by atoms with Crippen molar-refractivity contribution in [3.8, 4) is 0 Å². The van der Waals surface area contributed by atoms with E-state index in [0.717, 1.165) is 56.5 Å². The van der Waals surface area contributed by atoms with E-state index < -0.39 is 0 Å². The van der Waals surface area contributed by atoms with Crippen molar-refractivity contribution in [1.82, 2.24) is 24.9 Å². The van der Waals surface area contributed by atoms with E-state index in [2.05, 4.69) is 15.3 Å². The number of fused-ring (bicyclic) bond motifs is 1. The van der Waals surface area contributed by atoms with Gasteiger partial charge in [0.1, 0.15) is 0 Å². The summed E-state index contributed by atoms with van der Waals surface area (Å²) >= 11 is 0. The SMILES string of the molecule is O=C(c1n[nH]c2c1CCC2)N1CCC[C@H](n2cccn2)C1. The van der Waals surface area contributed by atoms with Crippen LogP contribution >= 0.6 is 0 Å². The van der Waals surface area contributed by atoms with Crippen LogP contribution in [-0.2, 0) is 12.8 Å². The van der Waals surface area contributed by atoms with Crippen LogP contribution in [0.5, 0.6) is 0 Å². The number of carbonyl (C=O) groups excluding carboxylic acids is 1. The Balaban J connectivity index is 1.54. The van der Waals surface area contributed by atoms with Gasteiger partial charge in [-0.05, 0) is 38.2 Å². The molecule has 0 bridgehead atoms. The third-order valence-corrected chi connectivity index (χ3v) is 4.59. The largest absolute Gasteiger partial charge is 0.335 e. The van der Waals surface area contributed by atoms with Crippen LogP contribution in [0.4, 0.5) is 0 Å². The molecule has 2 aromatic heterocycles. The second kappa shape index (κ2) is 5.02. The molecule has 6 nitrogen and oxygen atoms in total. The maximum Gasteiger partial charge on any atom is 0.274 e. The minimum atomic E-state index is 0.0752. The van der Waals surface area contributed by atoms with Crippen LogP contribution in [0.1, 0.15) is 47.1 Å². The number of nitrogens with zero attached hydrogens (tertiary/aromatic N) is 4. The average molecular weight is 285 g/mol. The number of likely N-dealkylation sites (tertiary alicyclic amines) is 1. The lowest BCUT2D eigenvalue weighted by molar-refractivity contribution is 0.0666. The summed E-state index contributed by atoms with van der Waals surface area (Å²) in [5.74, 6) is 0.0752. The fourth-order valence-electron chi connectivity index (χ4n) is 3.50. The standard InChI is InChI=1S/C15H19N5O/c21-15(14-12-5-1-6-13(12)17-18-14)19-8-2-4-11(10-19)20-9-3-7-16-20/h3,7,9,11H,1-2,4-6,8,10H2,(H,17,18)/t11-/m0/s1. The third kappa shape index (κ3) is 2.14. The lowest BCUT2D eigenvalue weighted by Gasteiger charge is -2.32. The molecule has 2 aromatic rings. The zero-order chi connectivity index (χ0) is 14.2. The molecule has 3 heterocycles. The first kappa shape index (κ1) is 12.6. The molecule has 1 saturated heterocycles. The summed E-state index contributed by atoms with van der Waals surface area (Å²) in [6.07, 6.45) is 8.98. The van der Waals surface area contributed by atoms with Gasteiger partial charge in [0, 0.05) is 36.7 Å². The minimum Gasteiger partial charge on any atom is -0.335 e. The van der Waals surface area contributed by atoms with Gasteiger partial charge in [-0.25, -0.2) is 0 Å². The van der Waals surface area contributed by atoms with Crippen molar-refractivity contribution in [3.63, 3.8) is 0 Å². The topological polar surface area (TPSA) is 66.8 Å². The first-order chi connectivity index (χ1) is 10.3. The second-order valence-corrected chi connectivity index (χ2v) is 5.92. The smallest absolute Gasteiger partial charge is 0.274 e. The highest BCUT2D eigenvalue weighted by atomic mass is 16.2. The molecule has 1 atom stereocenters. The van der Waals surface area contributed by atoms with Gasteiger partial charge >= 0.3 is 0 Å². The summed E-state index contributed by atoms with van der Waals surface area (Å²) in [7, 11) is 0. The molecule has 1 aliphatic carbocycles. The van der Waals surface area contributed by atoms with Gasteiger partial charge in [0.05, 0.1) is 6.04 Å². The van der Waals surface area contributed by atoms with Crippen LogP contribution in [-0.4, -0.2) is 43.9 Å². The van der Waals surface area contributed by atoms with Crippen LogP contribution in [0.3, 0.4) is 0 Å². The van der Waals surface area contributed by atoms with Crippen molar-refractivity contribution in [3.05, 3.63) is 35.4 Å². The van der Waals surface area contributed by atoms with Gasteiger partial charge in [-0.2, -0.15) is 10.2 Å². The number of rotatable bonds is 2. The average Bonchev–Trinajstić information content (AvgIpc) is 3.23. The van der Waals surface area contributed by atoms with E-state index in [9.17, 15) is 4.79 Å². The summed E-state index contributed by atoms with van der Waals surface area (Å²) in [5, 5.41) is 11.6. The summed E-state index contributed by atoms with van der Waals surface area (Å²) in [4.78, 5) is 14.7. The Morgan fingerprint density at radius 3 is 3.14 bits per heavy atom. The van der Waals surface area contributed by atoms with Crippen molar-refractivity contribution >= 4 is 5.91 Å². The fourth-order valence-corrected chi connectivity index (χ4v) is 3.50. The van der Waals surface area contributed by atoms with Gasteiger partial charge in [-0.15, -0.1) is 0 Å². The normalized spacial score (nSPS) is 21.5. The van der Waals surface area contributed by atoms with Crippen LogP contribution in [0.25, 0.3) is 0 Å². The van der Waals surface area contributed by atoms with Crippen molar-refractivity contribution < 1.29 is 4.79 Å². The van der Waals surface area contributed by atoms with Crippen molar-refractivity contribution in [2.24, 2.45) is 0 Å². The number of piperidine rings is 1. The Morgan fingerprint density at radius 2 is 2.29 bits per heavy atom. The summed E-state index contributed by atoms with van der Waals surface area (Å²) in [5.41, 5.74) is 2.93. The van der Waals surface area contributed by atoms with Crippen LogP contribution in [0, 0.1) is 0 Å². The van der Waals surface area contributed by atoms with Crippen LogP contribution in [0.2, 0.25) is 0 Å². The molecule has 0 saturated carbocycles. The van der Waals surface area contributed by atoms with Gasteiger partial charge in [-0.1, -0.05) is 0 Å². The van der Waals surface area contributed by atoms with Crippen LogP contribution in [0.15, 0.2) is 18.5 Å². The lowest BCUT2D eigenvalue weighted by Crippen LogP contribution is -2.41. The van der Waals surface area contributed by atoms with Gasteiger partial charge in [0.2, 0.25) is 0 Å². The maximum absolute atomic E-state index is 12.7. The Labute approximate surface area is 123 Å². The number of H-pyrrole nitrogens is 1. The van der Waals surface area contributed by atoms with E-state index in [1.54, 1.807) is 6.20 Å². The molecule has 1 N–H and O–H groups in total. The van der Waals surface area contributed by atoms with E-state index in [0.29, 0.717) is 5.69 Å². The van der Waals surface area contributed by atoms with Gasteiger partial charge < -0.3 is 4.90 Å². The molecular formula is C15H19N5O.